The largest absolute Gasteiger partial charge is 0.481 e. The summed E-state index contributed by atoms with van der Waals surface area (Å²) in [6.45, 7) is 2.16. The van der Waals surface area contributed by atoms with Crippen molar-refractivity contribution in [3.8, 4) is 0 Å². The van der Waals surface area contributed by atoms with Gasteiger partial charge in [-0.3, -0.25) is 9.59 Å². The van der Waals surface area contributed by atoms with Crippen LogP contribution in [0, 0.1) is 5.92 Å². The Morgan fingerprint density at radius 1 is 1.16 bits per heavy atom. The lowest BCUT2D eigenvalue weighted by Gasteiger charge is -2.18. The second-order valence-electron chi connectivity index (χ2n) is 6.81. The number of aliphatic carboxylic acids is 1. The molecule has 0 amide bonds. The van der Waals surface area contributed by atoms with Crippen molar-refractivity contribution in [3.63, 3.8) is 0 Å². The lowest BCUT2D eigenvalue weighted by Crippen LogP contribution is -2.18. The van der Waals surface area contributed by atoms with Gasteiger partial charge in [0.2, 0.25) is 0 Å². The Balaban J connectivity index is 2.31. The van der Waals surface area contributed by atoms with Gasteiger partial charge in [0.25, 0.3) is 0 Å². The average molecular weight is 351 g/mol. The number of hydrogen-bond donors (Lipinski definition) is 1. The normalized spacial score (nSPS) is 17.7. The van der Waals surface area contributed by atoms with Gasteiger partial charge in [-0.2, -0.15) is 0 Å². The van der Waals surface area contributed by atoms with Gasteiger partial charge in [0.05, 0.1) is 0 Å². The molecule has 0 aliphatic carbocycles. The molecule has 1 heterocycles. The van der Waals surface area contributed by atoms with Gasteiger partial charge in [-0.05, 0) is 25.3 Å². The number of carbonyl (C=O) groups excluding carboxylic acids is 1. The first-order chi connectivity index (χ1) is 12.1. The lowest BCUT2D eigenvalue weighted by atomic mass is 9.92. The number of unbranched alkanes of at least 4 members (excludes halogenated alkanes) is 6. The van der Waals surface area contributed by atoms with Crippen LogP contribution in [0.1, 0.15) is 84.0 Å². The van der Waals surface area contributed by atoms with Gasteiger partial charge >= 0.3 is 5.97 Å². The highest BCUT2D eigenvalue weighted by atomic mass is 16.6. The lowest BCUT2D eigenvalue weighted by molar-refractivity contribution is -0.137. The predicted molar refractivity (Wildman–Crippen MR) is 99.7 cm³/mol. The molecule has 0 bridgehead atoms. The van der Waals surface area contributed by atoms with Gasteiger partial charge < -0.3 is 9.94 Å². The average Bonchev–Trinajstić information content (AvgIpc) is 3.11. The molecule has 0 fully saturated rings. The van der Waals surface area contributed by atoms with E-state index in [2.05, 4.69) is 12.1 Å². The first-order valence-electron chi connectivity index (χ1n) is 9.74. The summed E-state index contributed by atoms with van der Waals surface area (Å²) in [4.78, 5) is 27.9. The van der Waals surface area contributed by atoms with Crippen molar-refractivity contribution < 1.29 is 19.5 Å². The third-order valence-electron chi connectivity index (χ3n) is 4.57. The summed E-state index contributed by atoms with van der Waals surface area (Å²) in [5, 5.41) is 12.5. The Morgan fingerprint density at radius 2 is 1.88 bits per heavy atom. The van der Waals surface area contributed by atoms with E-state index < -0.39 is 5.97 Å². The summed E-state index contributed by atoms with van der Waals surface area (Å²) in [7, 11) is 0. The van der Waals surface area contributed by atoms with Crippen LogP contribution in [0.3, 0.4) is 0 Å². The van der Waals surface area contributed by atoms with Crippen LogP contribution in [0.15, 0.2) is 17.3 Å². The maximum Gasteiger partial charge on any atom is 0.303 e. The first-order valence-corrected chi connectivity index (χ1v) is 9.74. The monoisotopic (exact) mass is 351 g/mol. The van der Waals surface area contributed by atoms with Crippen LogP contribution in [0.25, 0.3) is 0 Å². The molecule has 1 aliphatic rings. The first kappa shape index (κ1) is 21.4. The van der Waals surface area contributed by atoms with Crippen LogP contribution in [0.5, 0.6) is 0 Å². The Morgan fingerprint density at radius 3 is 2.56 bits per heavy atom. The quantitative estimate of drug-likeness (QED) is 0.336. The highest BCUT2D eigenvalue weighted by Crippen LogP contribution is 2.23. The smallest absolute Gasteiger partial charge is 0.303 e. The molecular weight excluding hydrogens is 318 g/mol. The summed E-state index contributed by atoms with van der Waals surface area (Å²) >= 11 is 0. The van der Waals surface area contributed by atoms with Gasteiger partial charge in [0, 0.05) is 31.4 Å². The van der Waals surface area contributed by atoms with Crippen molar-refractivity contribution in [2.45, 2.75) is 90.1 Å². The molecule has 0 aromatic carbocycles. The number of hydrogen-bond acceptors (Lipinski definition) is 4. The number of ketones is 1. The number of nitrogens with zero attached hydrogens (tertiary/aromatic N) is 1. The molecule has 5 nitrogen and oxygen atoms in total. The zero-order valence-electron chi connectivity index (χ0n) is 15.5. The molecule has 2 atom stereocenters. The van der Waals surface area contributed by atoms with Crippen molar-refractivity contribution in [3.05, 3.63) is 12.2 Å². The second-order valence-corrected chi connectivity index (χ2v) is 6.81. The molecule has 0 saturated carbocycles. The molecular formula is C20H33NO4. The molecule has 1 rings (SSSR count). The molecule has 1 aliphatic heterocycles. The van der Waals surface area contributed by atoms with Gasteiger partial charge in [-0.15, -0.1) is 0 Å². The fraction of sp³-hybridized carbons (Fsp3) is 0.750. The number of carboxylic acids is 1. The maximum absolute atomic E-state index is 12.0. The van der Waals surface area contributed by atoms with Crippen LogP contribution >= 0.6 is 0 Å². The third kappa shape index (κ3) is 10.7. The topological polar surface area (TPSA) is 76.0 Å². The number of oxime groups is 1. The van der Waals surface area contributed by atoms with Crippen molar-refractivity contribution in [2.75, 3.05) is 0 Å². The van der Waals surface area contributed by atoms with Crippen LogP contribution in [0.2, 0.25) is 0 Å². The number of allylic oxidation sites excluding steroid dienone is 1. The van der Waals surface area contributed by atoms with Crippen LogP contribution in [-0.2, 0) is 14.4 Å². The molecule has 25 heavy (non-hydrogen) atoms. The molecule has 0 saturated heterocycles. The van der Waals surface area contributed by atoms with Gasteiger partial charge in [-0.25, -0.2) is 0 Å². The highest BCUT2D eigenvalue weighted by molar-refractivity contribution is 5.89. The second kappa shape index (κ2) is 13.6. The molecule has 0 aromatic heterocycles. The van der Waals surface area contributed by atoms with E-state index in [-0.39, 0.29) is 24.2 Å². The van der Waals surface area contributed by atoms with E-state index in [0.29, 0.717) is 6.42 Å². The predicted octanol–water partition coefficient (Wildman–Crippen LogP) is 4.90. The fourth-order valence-corrected chi connectivity index (χ4v) is 3.02. The fourth-order valence-electron chi connectivity index (χ4n) is 3.02. The maximum atomic E-state index is 12.0. The number of carbonyl (C=O) groups is 2. The summed E-state index contributed by atoms with van der Waals surface area (Å²) in [5.74, 6) is -0.335. The standard InChI is InChI=1S/C20H33NO4/c1-2-3-4-8-11-18(22)14-13-17(19-15-16-21-25-19)10-7-5-6-9-12-20(23)24/h13-14,16-17,19H,2-12,15H2,1H3,(H,23,24)/t17-,19?/m1/s1. The third-order valence-corrected chi connectivity index (χ3v) is 4.57. The van der Waals surface area contributed by atoms with Crippen molar-refractivity contribution in [2.24, 2.45) is 11.1 Å². The van der Waals surface area contributed by atoms with E-state index >= 15 is 0 Å². The summed E-state index contributed by atoms with van der Waals surface area (Å²) in [6, 6.07) is 0. The molecule has 1 N–H and O–H groups in total. The molecule has 0 radical (unpaired) electrons. The highest BCUT2D eigenvalue weighted by Gasteiger charge is 2.23. The van der Waals surface area contributed by atoms with Crippen molar-refractivity contribution in [1.82, 2.24) is 0 Å². The minimum absolute atomic E-state index is 0.0307. The van der Waals surface area contributed by atoms with E-state index in [0.717, 1.165) is 51.4 Å². The minimum atomic E-state index is -0.727. The van der Waals surface area contributed by atoms with Crippen LogP contribution in [0.4, 0.5) is 0 Å². The molecule has 0 spiro atoms. The van der Waals surface area contributed by atoms with E-state index in [9.17, 15) is 9.59 Å². The van der Waals surface area contributed by atoms with E-state index in [1.54, 1.807) is 12.3 Å². The zero-order valence-corrected chi connectivity index (χ0v) is 15.5. The number of carboxylic acid groups (broad SMARTS) is 1. The molecule has 0 aromatic rings. The molecule has 142 valence electrons. The zero-order chi connectivity index (χ0) is 18.3. The number of rotatable bonds is 15. The Kier molecular flexibility index (Phi) is 11.7. The SMILES string of the molecule is CCCCCCC(=O)C=C[C@@H](CCCCCCC(=O)O)C1CC=NO1. The van der Waals surface area contributed by atoms with Crippen molar-refractivity contribution in [1.29, 1.82) is 0 Å². The Labute approximate surface area is 151 Å². The van der Waals surface area contributed by atoms with Gasteiger partial charge in [0.1, 0.15) is 6.10 Å². The van der Waals surface area contributed by atoms with E-state index in [1.165, 1.54) is 12.8 Å². The Bertz CT molecular complexity index is 437. The van der Waals surface area contributed by atoms with Gasteiger partial charge in [-0.1, -0.05) is 56.7 Å². The van der Waals surface area contributed by atoms with E-state index in [4.69, 9.17) is 9.94 Å². The Hall–Kier alpha value is -1.65. The summed E-state index contributed by atoms with van der Waals surface area (Å²) in [5.41, 5.74) is 0. The molecule has 1 unspecified atom stereocenters. The molecule has 5 heteroatoms. The van der Waals surface area contributed by atoms with Crippen LogP contribution in [-0.4, -0.2) is 29.2 Å². The van der Waals surface area contributed by atoms with E-state index in [1.807, 2.05) is 6.08 Å². The summed E-state index contributed by atoms with van der Waals surface area (Å²) < 4.78 is 0. The van der Waals surface area contributed by atoms with Crippen LogP contribution < -0.4 is 0 Å². The minimum Gasteiger partial charge on any atom is -0.481 e. The van der Waals surface area contributed by atoms with Gasteiger partial charge in [0.15, 0.2) is 5.78 Å². The van der Waals surface area contributed by atoms with Crippen molar-refractivity contribution >= 4 is 18.0 Å². The summed E-state index contributed by atoms with van der Waals surface area (Å²) in [6.07, 6.45) is 16.3.